The Kier molecular flexibility index (Phi) is 5.51. The molecule has 1 aromatic heterocycles. The number of anilines is 1. The number of aromatic hydroxyl groups is 1. The standard InChI is InChI=1S/C22H20ClN3O3S/c1-25(2)9-10-26-21(29)18(11-13-3-6-15(27)7-4-13)30-22(26)19-16-12-14(23)5-8-17(16)24-20(19)28/h3-8,11-12,27H,9-10H2,1-2H3,(H,24,28)/b18-11+,22-19+. The zero-order valence-electron chi connectivity index (χ0n) is 16.5. The van der Waals surface area contributed by atoms with Crippen LogP contribution in [0.1, 0.15) is 11.1 Å². The lowest BCUT2D eigenvalue weighted by atomic mass is 10.1. The predicted molar refractivity (Wildman–Crippen MR) is 121 cm³/mol. The molecule has 3 aromatic rings. The number of hydrogen-bond donors (Lipinski definition) is 2. The molecule has 6 nitrogen and oxygen atoms in total. The summed E-state index contributed by atoms with van der Waals surface area (Å²) in [5.41, 5.74) is 2.48. The summed E-state index contributed by atoms with van der Waals surface area (Å²) >= 11 is 7.45. The van der Waals surface area contributed by atoms with Gasteiger partial charge in [0.15, 0.2) is 0 Å². The summed E-state index contributed by atoms with van der Waals surface area (Å²) in [6.07, 6.45) is 1.77. The highest BCUT2D eigenvalue weighted by Crippen LogP contribution is 2.32. The Labute approximate surface area is 182 Å². The number of phenols is 1. The SMILES string of the molecule is CN(C)CCn1c(=O)/c(=C\c2ccc(O)cc2)s/c1=C1/C(=O)Nc2ccc(Cl)cc21. The fraction of sp³-hybridized carbons (Fsp3) is 0.182. The Hall–Kier alpha value is -2.87. The zero-order chi connectivity index (χ0) is 21.4. The normalized spacial score (nSPS) is 15.6. The van der Waals surface area contributed by atoms with E-state index in [-0.39, 0.29) is 17.2 Å². The lowest BCUT2D eigenvalue weighted by Crippen LogP contribution is -2.36. The van der Waals surface area contributed by atoms with Crippen LogP contribution in [0.25, 0.3) is 11.6 Å². The molecule has 0 unspecified atom stereocenters. The molecular weight excluding hydrogens is 422 g/mol. The fourth-order valence-corrected chi connectivity index (χ4v) is 4.64. The van der Waals surface area contributed by atoms with Crippen LogP contribution in [0.4, 0.5) is 5.69 Å². The highest BCUT2D eigenvalue weighted by Gasteiger charge is 2.27. The summed E-state index contributed by atoms with van der Waals surface area (Å²) in [5, 5.41) is 12.9. The minimum atomic E-state index is -0.247. The van der Waals surface area contributed by atoms with Gasteiger partial charge in [0, 0.05) is 29.4 Å². The molecule has 0 atom stereocenters. The molecule has 154 valence electrons. The summed E-state index contributed by atoms with van der Waals surface area (Å²) < 4.78 is 2.78. The molecule has 0 saturated carbocycles. The molecule has 1 amide bonds. The van der Waals surface area contributed by atoms with Crippen LogP contribution in [0.15, 0.2) is 47.3 Å². The second kappa shape index (κ2) is 8.10. The Morgan fingerprint density at radius 1 is 1.17 bits per heavy atom. The number of fused-ring (bicyclic) bond motifs is 1. The predicted octanol–water partition coefficient (Wildman–Crippen LogP) is 1.81. The fourth-order valence-electron chi connectivity index (χ4n) is 3.28. The maximum atomic E-state index is 13.2. The van der Waals surface area contributed by atoms with Crippen molar-refractivity contribution in [2.75, 3.05) is 26.0 Å². The third-order valence-electron chi connectivity index (χ3n) is 4.81. The quantitative estimate of drug-likeness (QED) is 0.647. The number of benzene rings is 2. The van der Waals surface area contributed by atoms with Gasteiger partial charge in [0.05, 0.1) is 10.1 Å². The number of thiazole rings is 1. The van der Waals surface area contributed by atoms with E-state index in [9.17, 15) is 14.7 Å². The smallest absolute Gasteiger partial charge is 0.269 e. The Morgan fingerprint density at radius 2 is 1.90 bits per heavy atom. The van der Waals surface area contributed by atoms with E-state index >= 15 is 0 Å². The van der Waals surface area contributed by atoms with Crippen LogP contribution >= 0.6 is 22.9 Å². The summed E-state index contributed by atoms with van der Waals surface area (Å²) in [4.78, 5) is 28.0. The van der Waals surface area contributed by atoms with Gasteiger partial charge in [0.2, 0.25) is 0 Å². The van der Waals surface area contributed by atoms with Crippen LogP contribution in [-0.2, 0) is 11.3 Å². The third-order valence-corrected chi connectivity index (χ3v) is 6.17. The molecule has 8 heteroatoms. The molecular formula is C22H20ClN3O3S. The van der Waals surface area contributed by atoms with Crippen LogP contribution in [0, 0.1) is 0 Å². The van der Waals surface area contributed by atoms with Gasteiger partial charge in [-0.3, -0.25) is 14.2 Å². The largest absolute Gasteiger partial charge is 0.508 e. The van der Waals surface area contributed by atoms with Crippen LogP contribution in [0.3, 0.4) is 0 Å². The third kappa shape index (κ3) is 3.92. The van der Waals surface area contributed by atoms with E-state index in [2.05, 4.69) is 5.32 Å². The summed E-state index contributed by atoms with van der Waals surface area (Å²) in [6, 6.07) is 11.9. The van der Waals surface area contributed by atoms with E-state index < -0.39 is 0 Å². The number of halogens is 1. The Bertz CT molecular complexity index is 1310. The first-order valence-electron chi connectivity index (χ1n) is 9.34. The van der Waals surface area contributed by atoms with Gasteiger partial charge in [-0.1, -0.05) is 23.7 Å². The van der Waals surface area contributed by atoms with Gasteiger partial charge in [0.1, 0.15) is 10.4 Å². The van der Waals surface area contributed by atoms with Gasteiger partial charge >= 0.3 is 0 Å². The number of carbonyl (C=O) groups is 1. The van der Waals surface area contributed by atoms with Crippen molar-refractivity contribution in [3.8, 4) is 5.75 Å². The molecule has 2 heterocycles. The van der Waals surface area contributed by atoms with E-state index in [4.69, 9.17) is 11.6 Å². The first-order chi connectivity index (χ1) is 14.3. The molecule has 1 aliphatic rings. The van der Waals surface area contributed by atoms with Gasteiger partial charge in [-0.2, -0.15) is 0 Å². The minimum absolute atomic E-state index is 0.152. The number of phenolic OH excluding ortho intramolecular Hbond substituents is 1. The monoisotopic (exact) mass is 441 g/mol. The van der Waals surface area contributed by atoms with E-state index in [1.54, 1.807) is 53.1 Å². The van der Waals surface area contributed by atoms with Crippen molar-refractivity contribution < 1.29 is 9.90 Å². The maximum Gasteiger partial charge on any atom is 0.269 e. The average molecular weight is 442 g/mol. The van der Waals surface area contributed by atoms with Gasteiger partial charge in [0.25, 0.3) is 11.5 Å². The summed E-state index contributed by atoms with van der Waals surface area (Å²) in [5.74, 6) is -0.0858. The number of rotatable bonds is 4. The van der Waals surface area contributed by atoms with E-state index in [1.807, 2.05) is 19.0 Å². The van der Waals surface area contributed by atoms with Crippen LogP contribution in [0.5, 0.6) is 5.75 Å². The van der Waals surface area contributed by atoms with Crippen molar-refractivity contribution in [3.05, 3.63) is 78.2 Å². The van der Waals surface area contributed by atoms with Crippen molar-refractivity contribution >= 4 is 46.2 Å². The van der Waals surface area contributed by atoms with Crippen molar-refractivity contribution in [1.29, 1.82) is 0 Å². The minimum Gasteiger partial charge on any atom is -0.508 e. The number of amides is 1. The maximum absolute atomic E-state index is 13.2. The molecule has 0 aliphatic carbocycles. The first kappa shape index (κ1) is 20.4. The number of hydrogen-bond acceptors (Lipinski definition) is 5. The number of nitrogens with zero attached hydrogens (tertiary/aromatic N) is 2. The molecule has 2 N–H and O–H groups in total. The summed E-state index contributed by atoms with van der Waals surface area (Å²) in [6.45, 7) is 1.10. The van der Waals surface area contributed by atoms with Gasteiger partial charge in [-0.15, -0.1) is 11.3 Å². The number of carbonyl (C=O) groups excluding carboxylic acids is 1. The van der Waals surface area contributed by atoms with Crippen molar-refractivity contribution in [1.82, 2.24) is 9.47 Å². The summed E-state index contributed by atoms with van der Waals surface area (Å²) in [7, 11) is 3.87. The van der Waals surface area contributed by atoms with Gasteiger partial charge in [-0.25, -0.2) is 0 Å². The molecule has 0 saturated heterocycles. The molecule has 0 spiro atoms. The van der Waals surface area contributed by atoms with Crippen LogP contribution in [-0.4, -0.2) is 41.1 Å². The van der Waals surface area contributed by atoms with Gasteiger partial charge < -0.3 is 15.3 Å². The molecule has 0 fully saturated rings. The number of aromatic nitrogens is 1. The first-order valence-corrected chi connectivity index (χ1v) is 10.5. The highest BCUT2D eigenvalue weighted by atomic mass is 35.5. The van der Waals surface area contributed by atoms with Crippen molar-refractivity contribution in [2.24, 2.45) is 0 Å². The van der Waals surface area contributed by atoms with Crippen molar-refractivity contribution in [3.63, 3.8) is 0 Å². The second-order valence-corrected chi connectivity index (χ2v) is 8.75. The second-order valence-electron chi connectivity index (χ2n) is 7.29. The molecule has 0 bridgehead atoms. The Balaban J connectivity index is 1.99. The van der Waals surface area contributed by atoms with E-state index in [0.29, 0.717) is 44.1 Å². The van der Waals surface area contributed by atoms with E-state index in [0.717, 1.165) is 5.56 Å². The Morgan fingerprint density at radius 3 is 2.60 bits per heavy atom. The zero-order valence-corrected chi connectivity index (χ0v) is 18.0. The average Bonchev–Trinajstić information content (AvgIpc) is 3.17. The molecule has 0 radical (unpaired) electrons. The molecule has 1 aliphatic heterocycles. The molecule has 2 aromatic carbocycles. The lowest BCUT2D eigenvalue weighted by Gasteiger charge is -2.10. The van der Waals surface area contributed by atoms with Crippen LogP contribution < -0.4 is 20.1 Å². The van der Waals surface area contributed by atoms with Crippen LogP contribution in [0.2, 0.25) is 5.02 Å². The molecule has 30 heavy (non-hydrogen) atoms. The van der Waals surface area contributed by atoms with Crippen molar-refractivity contribution in [2.45, 2.75) is 6.54 Å². The van der Waals surface area contributed by atoms with Gasteiger partial charge in [-0.05, 0) is 56.1 Å². The lowest BCUT2D eigenvalue weighted by molar-refractivity contribution is -0.110. The topological polar surface area (TPSA) is 74.6 Å². The highest BCUT2D eigenvalue weighted by molar-refractivity contribution is 7.07. The number of likely N-dealkylation sites (N-methyl/N-ethyl adjacent to an activating group) is 1. The van der Waals surface area contributed by atoms with E-state index in [1.165, 1.54) is 11.3 Å². The molecule has 4 rings (SSSR count). The number of nitrogens with one attached hydrogen (secondary N) is 1.